The summed E-state index contributed by atoms with van der Waals surface area (Å²) in [6, 6.07) is 15.6. The van der Waals surface area contributed by atoms with Crippen molar-refractivity contribution in [2.24, 2.45) is 0 Å². The molecule has 0 aliphatic heterocycles. The number of nitrogens with zero attached hydrogens (tertiary/aromatic N) is 1. The normalized spacial score (nSPS) is 11.7. The third-order valence-corrected chi connectivity index (χ3v) is 5.23. The van der Waals surface area contributed by atoms with Gasteiger partial charge in [0.25, 0.3) is 0 Å². The molecule has 0 heterocycles. The third-order valence-electron chi connectivity index (χ3n) is 5.23. The van der Waals surface area contributed by atoms with Crippen molar-refractivity contribution in [2.45, 2.75) is 79.2 Å². The molecule has 2 aromatic carbocycles. The Morgan fingerprint density at radius 2 is 1.30 bits per heavy atom. The minimum atomic E-state index is 0.420. The number of hydrogen-bond donors (Lipinski definition) is 1. The van der Waals surface area contributed by atoms with Crippen LogP contribution in [0.1, 0.15) is 89.8 Å². The van der Waals surface area contributed by atoms with Gasteiger partial charge in [0.1, 0.15) is 0 Å². The van der Waals surface area contributed by atoms with Crippen LogP contribution in [-0.4, -0.2) is 12.7 Å². The number of nitrogens with one attached hydrogen (secondary N) is 1. The van der Waals surface area contributed by atoms with Crippen molar-refractivity contribution in [3.8, 4) is 0 Å². The molecule has 148 valence electrons. The Hall–Kier alpha value is -1.96. The zero-order chi connectivity index (χ0) is 20.1. The summed E-state index contributed by atoms with van der Waals surface area (Å²) in [5.41, 5.74) is 7.09. The van der Waals surface area contributed by atoms with E-state index in [0.29, 0.717) is 23.8 Å². The molecule has 0 atom stereocenters. The summed E-state index contributed by atoms with van der Waals surface area (Å²) in [6.07, 6.45) is 0. The number of hydrogen-bond acceptors (Lipinski definition) is 2. The lowest BCUT2D eigenvalue weighted by Crippen LogP contribution is -2.36. The maximum atomic E-state index is 3.60. The highest BCUT2D eigenvalue weighted by Gasteiger charge is 2.23. The van der Waals surface area contributed by atoms with Gasteiger partial charge >= 0.3 is 0 Å². The van der Waals surface area contributed by atoms with Crippen LogP contribution in [0.2, 0.25) is 0 Å². The molecule has 0 fully saturated rings. The van der Waals surface area contributed by atoms with E-state index < -0.39 is 0 Å². The van der Waals surface area contributed by atoms with Gasteiger partial charge in [0.15, 0.2) is 0 Å². The van der Waals surface area contributed by atoms with E-state index >= 15 is 0 Å². The molecule has 1 N–H and O–H groups in total. The SMILES string of the molecule is CC(C)c1ccc(N(CNc2ccccc2)C(C)C)c(C(C)C)c1C(C)C. The highest BCUT2D eigenvalue weighted by Crippen LogP contribution is 2.40. The molecule has 2 heteroatoms. The summed E-state index contributed by atoms with van der Waals surface area (Å²) in [6.45, 7) is 19.3. The lowest BCUT2D eigenvalue weighted by molar-refractivity contribution is 0.687. The van der Waals surface area contributed by atoms with Crippen molar-refractivity contribution in [2.75, 3.05) is 16.9 Å². The maximum absolute atomic E-state index is 3.60. The van der Waals surface area contributed by atoms with Crippen molar-refractivity contribution >= 4 is 11.4 Å². The summed E-state index contributed by atoms with van der Waals surface area (Å²) in [7, 11) is 0. The minimum absolute atomic E-state index is 0.420. The lowest BCUT2D eigenvalue weighted by atomic mass is 9.82. The van der Waals surface area contributed by atoms with Crippen LogP contribution in [0.25, 0.3) is 0 Å². The Labute approximate surface area is 167 Å². The molecule has 0 amide bonds. The Bertz CT molecular complexity index is 715. The maximum Gasteiger partial charge on any atom is 0.0879 e. The molecule has 0 saturated carbocycles. The van der Waals surface area contributed by atoms with Crippen LogP contribution in [0.4, 0.5) is 11.4 Å². The van der Waals surface area contributed by atoms with Gasteiger partial charge in [-0.1, -0.05) is 65.8 Å². The summed E-state index contributed by atoms with van der Waals surface area (Å²) in [4.78, 5) is 2.50. The molecule has 0 aliphatic rings. The predicted molar refractivity (Wildman–Crippen MR) is 121 cm³/mol. The first kappa shape index (κ1) is 21.3. The summed E-state index contributed by atoms with van der Waals surface area (Å²) < 4.78 is 0. The Morgan fingerprint density at radius 3 is 1.78 bits per heavy atom. The number of para-hydroxylation sites is 1. The topological polar surface area (TPSA) is 15.3 Å². The fourth-order valence-electron chi connectivity index (χ4n) is 3.93. The second-order valence-electron chi connectivity index (χ2n) is 8.73. The van der Waals surface area contributed by atoms with Crippen molar-refractivity contribution in [1.82, 2.24) is 0 Å². The van der Waals surface area contributed by atoms with Gasteiger partial charge in [-0.25, -0.2) is 0 Å². The van der Waals surface area contributed by atoms with E-state index in [1.54, 1.807) is 5.56 Å². The molecular weight excluding hydrogens is 328 g/mol. The molecule has 0 unspecified atom stereocenters. The molecule has 27 heavy (non-hydrogen) atoms. The summed E-state index contributed by atoms with van der Waals surface area (Å²) in [5, 5.41) is 3.60. The predicted octanol–water partition coefficient (Wildman–Crippen LogP) is 7.34. The van der Waals surface area contributed by atoms with Crippen molar-refractivity contribution < 1.29 is 0 Å². The molecule has 2 nitrogen and oxygen atoms in total. The van der Waals surface area contributed by atoms with Crippen LogP contribution < -0.4 is 10.2 Å². The highest BCUT2D eigenvalue weighted by atomic mass is 15.2. The molecule has 0 spiro atoms. The van der Waals surface area contributed by atoms with E-state index in [9.17, 15) is 0 Å². The van der Waals surface area contributed by atoms with Crippen LogP contribution in [0.15, 0.2) is 42.5 Å². The number of anilines is 2. The zero-order valence-corrected chi connectivity index (χ0v) is 18.5. The van der Waals surface area contributed by atoms with Gasteiger partial charge in [0.05, 0.1) is 6.67 Å². The second-order valence-corrected chi connectivity index (χ2v) is 8.73. The molecule has 0 saturated heterocycles. The lowest BCUT2D eigenvalue weighted by Gasteiger charge is -2.35. The molecule has 0 aliphatic carbocycles. The smallest absolute Gasteiger partial charge is 0.0879 e. The van der Waals surface area contributed by atoms with Gasteiger partial charge in [0, 0.05) is 17.4 Å². The van der Waals surface area contributed by atoms with E-state index in [0.717, 1.165) is 12.4 Å². The monoisotopic (exact) mass is 366 g/mol. The average Bonchev–Trinajstić information content (AvgIpc) is 2.61. The molecule has 2 aromatic rings. The van der Waals surface area contributed by atoms with Crippen LogP contribution in [0.3, 0.4) is 0 Å². The van der Waals surface area contributed by atoms with Gasteiger partial charge < -0.3 is 10.2 Å². The van der Waals surface area contributed by atoms with Crippen molar-refractivity contribution in [3.05, 3.63) is 59.2 Å². The first-order chi connectivity index (χ1) is 12.7. The first-order valence-electron chi connectivity index (χ1n) is 10.5. The fraction of sp³-hybridized carbons (Fsp3) is 0.520. The zero-order valence-electron chi connectivity index (χ0n) is 18.5. The van der Waals surface area contributed by atoms with Gasteiger partial charge in [-0.2, -0.15) is 0 Å². The average molecular weight is 367 g/mol. The van der Waals surface area contributed by atoms with Crippen molar-refractivity contribution in [1.29, 1.82) is 0 Å². The molecule has 0 radical (unpaired) electrons. The summed E-state index contributed by atoms with van der Waals surface area (Å²) in [5.74, 6) is 1.56. The molecular formula is C25H38N2. The molecule has 0 bridgehead atoms. The highest BCUT2D eigenvalue weighted by molar-refractivity contribution is 5.63. The summed E-state index contributed by atoms with van der Waals surface area (Å²) >= 11 is 0. The molecule has 2 rings (SSSR count). The molecule has 0 aromatic heterocycles. The second kappa shape index (κ2) is 9.30. The van der Waals surface area contributed by atoms with Crippen LogP contribution in [0.5, 0.6) is 0 Å². The van der Waals surface area contributed by atoms with E-state index in [1.807, 2.05) is 0 Å². The Morgan fingerprint density at radius 1 is 0.704 bits per heavy atom. The minimum Gasteiger partial charge on any atom is -0.368 e. The van der Waals surface area contributed by atoms with Crippen LogP contribution in [-0.2, 0) is 0 Å². The van der Waals surface area contributed by atoms with Gasteiger partial charge in [0.2, 0.25) is 0 Å². The third kappa shape index (κ3) is 5.06. The Kier molecular flexibility index (Phi) is 7.35. The largest absolute Gasteiger partial charge is 0.368 e. The first-order valence-corrected chi connectivity index (χ1v) is 10.5. The van der Waals surface area contributed by atoms with Gasteiger partial charge in [-0.15, -0.1) is 0 Å². The van der Waals surface area contributed by atoms with Gasteiger partial charge in [-0.3, -0.25) is 0 Å². The van der Waals surface area contributed by atoms with Crippen LogP contribution in [0, 0.1) is 0 Å². The van der Waals surface area contributed by atoms with E-state index in [2.05, 4.69) is 108 Å². The fourth-order valence-corrected chi connectivity index (χ4v) is 3.93. The number of rotatable bonds is 8. The van der Waals surface area contributed by atoms with Crippen molar-refractivity contribution in [3.63, 3.8) is 0 Å². The van der Waals surface area contributed by atoms with Crippen LogP contribution >= 0.6 is 0 Å². The van der Waals surface area contributed by atoms with E-state index in [1.165, 1.54) is 16.8 Å². The standard InChI is InChI=1S/C25H38N2/c1-17(2)22-14-15-23(25(19(5)6)24(22)18(3)4)27(20(7)8)16-26-21-12-10-9-11-13-21/h9-15,17-20,26H,16H2,1-8H3. The quantitative estimate of drug-likeness (QED) is 0.492. The van der Waals surface area contributed by atoms with Gasteiger partial charge in [-0.05, 0) is 66.5 Å². The van der Waals surface area contributed by atoms with E-state index in [4.69, 9.17) is 0 Å². The van der Waals surface area contributed by atoms with E-state index in [-0.39, 0.29) is 0 Å². The Balaban J connectivity index is 2.50. The number of benzene rings is 2.